The van der Waals surface area contributed by atoms with Gasteiger partial charge < -0.3 is 10.0 Å². The predicted octanol–water partition coefficient (Wildman–Crippen LogP) is 1.45. The van der Waals surface area contributed by atoms with E-state index < -0.39 is 40.4 Å². The van der Waals surface area contributed by atoms with E-state index in [9.17, 15) is 24.1 Å². The minimum atomic E-state index is -1.26. The molecule has 1 aromatic rings. The molecule has 0 aliphatic heterocycles. The fourth-order valence-electron chi connectivity index (χ4n) is 1.50. The van der Waals surface area contributed by atoms with Crippen LogP contribution in [0.4, 0.5) is 10.1 Å². The number of carbonyl (C=O) groups is 2. The number of hydrogen-bond donors (Lipinski definition) is 1. The molecule has 20 heavy (non-hydrogen) atoms. The van der Waals surface area contributed by atoms with E-state index in [1.807, 2.05) is 0 Å². The summed E-state index contributed by atoms with van der Waals surface area (Å²) in [5.74, 6) is -3.22. The number of benzene rings is 1. The number of halogens is 1. The van der Waals surface area contributed by atoms with Crippen molar-refractivity contribution in [3.63, 3.8) is 0 Å². The molecule has 1 rings (SSSR count). The molecule has 0 radical (unpaired) electrons. The molecule has 0 saturated heterocycles. The zero-order valence-electron chi connectivity index (χ0n) is 10.3. The Labute approximate surface area is 113 Å². The number of carbonyl (C=O) groups excluding carboxylic acids is 1. The summed E-state index contributed by atoms with van der Waals surface area (Å²) in [5.41, 5.74) is -0.925. The third kappa shape index (κ3) is 3.61. The van der Waals surface area contributed by atoms with E-state index in [-0.39, 0.29) is 6.54 Å². The molecule has 0 aliphatic rings. The maximum Gasteiger partial charge on any atom is 0.323 e. The monoisotopic (exact) mass is 282 g/mol. The van der Waals surface area contributed by atoms with Gasteiger partial charge in [0.15, 0.2) is 0 Å². The number of amides is 1. The zero-order chi connectivity index (χ0) is 15.3. The van der Waals surface area contributed by atoms with E-state index in [1.165, 1.54) is 6.08 Å². The molecule has 0 saturated carbocycles. The minimum Gasteiger partial charge on any atom is -0.480 e. The van der Waals surface area contributed by atoms with E-state index in [1.54, 1.807) is 0 Å². The SMILES string of the molecule is C=CCN(CC(=O)O)C(=O)c1ccc([N+](=O)[O-])cc1F. The van der Waals surface area contributed by atoms with Crippen LogP contribution in [0, 0.1) is 15.9 Å². The van der Waals surface area contributed by atoms with E-state index >= 15 is 0 Å². The number of nitrogens with zero attached hydrogens (tertiary/aromatic N) is 2. The minimum absolute atomic E-state index is 0.0818. The molecule has 0 aromatic heterocycles. The Morgan fingerprint density at radius 3 is 2.60 bits per heavy atom. The standard InChI is InChI=1S/C12H11FN2O5/c1-2-5-14(7-11(16)17)12(18)9-4-3-8(15(19)20)6-10(9)13/h2-4,6H,1,5,7H2,(H,16,17). The number of rotatable bonds is 6. The molecule has 0 unspecified atom stereocenters. The quantitative estimate of drug-likeness (QED) is 0.483. The highest BCUT2D eigenvalue weighted by molar-refractivity contribution is 5.96. The second-order valence-corrected chi connectivity index (χ2v) is 3.79. The van der Waals surface area contributed by atoms with Gasteiger partial charge in [-0.3, -0.25) is 19.7 Å². The molecule has 1 aromatic carbocycles. The number of hydrogen-bond acceptors (Lipinski definition) is 4. The molecule has 1 N–H and O–H groups in total. The topological polar surface area (TPSA) is 101 Å². The number of carboxylic acid groups (broad SMARTS) is 1. The number of nitro groups is 1. The van der Waals surface area contributed by atoms with Crippen LogP contribution in [-0.4, -0.2) is 39.9 Å². The number of aliphatic carboxylic acids is 1. The molecule has 7 nitrogen and oxygen atoms in total. The largest absolute Gasteiger partial charge is 0.480 e. The summed E-state index contributed by atoms with van der Waals surface area (Å²) in [6.45, 7) is 2.67. The van der Waals surface area contributed by atoms with Crippen molar-refractivity contribution in [3.05, 3.63) is 52.3 Å². The lowest BCUT2D eigenvalue weighted by Crippen LogP contribution is -2.36. The van der Waals surface area contributed by atoms with Crippen molar-refractivity contribution in [2.45, 2.75) is 0 Å². The number of carboxylic acids is 1. The lowest BCUT2D eigenvalue weighted by molar-refractivity contribution is -0.385. The van der Waals surface area contributed by atoms with Crippen molar-refractivity contribution in [3.8, 4) is 0 Å². The summed E-state index contributed by atoms with van der Waals surface area (Å²) in [6, 6.07) is 2.54. The van der Waals surface area contributed by atoms with Crippen LogP contribution in [0.25, 0.3) is 0 Å². The second kappa shape index (κ2) is 6.41. The van der Waals surface area contributed by atoms with Gasteiger partial charge in [0.2, 0.25) is 0 Å². The van der Waals surface area contributed by atoms with Crippen LogP contribution in [0.15, 0.2) is 30.9 Å². The van der Waals surface area contributed by atoms with Crippen molar-refractivity contribution in [1.82, 2.24) is 4.90 Å². The van der Waals surface area contributed by atoms with Gasteiger partial charge in [-0.15, -0.1) is 6.58 Å². The van der Waals surface area contributed by atoms with Crippen molar-refractivity contribution in [2.75, 3.05) is 13.1 Å². The van der Waals surface area contributed by atoms with Gasteiger partial charge in [0.05, 0.1) is 16.6 Å². The Balaban J connectivity index is 3.08. The Morgan fingerprint density at radius 1 is 1.50 bits per heavy atom. The first kappa shape index (κ1) is 15.3. The first-order chi connectivity index (χ1) is 9.36. The molecule has 0 aliphatic carbocycles. The Bertz CT molecular complexity index is 573. The highest BCUT2D eigenvalue weighted by atomic mass is 19.1. The molecule has 0 spiro atoms. The second-order valence-electron chi connectivity index (χ2n) is 3.79. The summed E-state index contributed by atoms with van der Waals surface area (Å²) >= 11 is 0. The summed E-state index contributed by atoms with van der Waals surface area (Å²) < 4.78 is 13.7. The van der Waals surface area contributed by atoms with Crippen LogP contribution >= 0.6 is 0 Å². The van der Waals surface area contributed by atoms with Gasteiger partial charge >= 0.3 is 5.97 Å². The Kier molecular flexibility index (Phi) is 4.90. The molecule has 1 amide bonds. The molecule has 0 fully saturated rings. The van der Waals surface area contributed by atoms with Gasteiger partial charge in [-0.2, -0.15) is 0 Å². The molecule has 8 heteroatoms. The molecule has 0 bridgehead atoms. The lowest BCUT2D eigenvalue weighted by Gasteiger charge is -2.19. The van der Waals surface area contributed by atoms with E-state index in [4.69, 9.17) is 5.11 Å². The van der Waals surface area contributed by atoms with Crippen LogP contribution in [0.3, 0.4) is 0 Å². The number of non-ortho nitro benzene ring substituents is 1. The van der Waals surface area contributed by atoms with Gasteiger partial charge in [0.1, 0.15) is 12.4 Å². The molecule has 0 atom stereocenters. The van der Waals surface area contributed by atoms with Crippen LogP contribution < -0.4 is 0 Å². The van der Waals surface area contributed by atoms with Crippen LogP contribution in [0.2, 0.25) is 0 Å². The molecule has 0 heterocycles. The maximum atomic E-state index is 13.7. The predicted molar refractivity (Wildman–Crippen MR) is 66.8 cm³/mol. The van der Waals surface area contributed by atoms with Crippen LogP contribution in [-0.2, 0) is 4.79 Å². The van der Waals surface area contributed by atoms with Crippen molar-refractivity contribution in [1.29, 1.82) is 0 Å². The third-order valence-corrected chi connectivity index (χ3v) is 2.36. The van der Waals surface area contributed by atoms with Crippen LogP contribution in [0.5, 0.6) is 0 Å². The average molecular weight is 282 g/mol. The van der Waals surface area contributed by atoms with Crippen molar-refractivity contribution in [2.24, 2.45) is 0 Å². The molecular formula is C12H11FN2O5. The smallest absolute Gasteiger partial charge is 0.323 e. The van der Waals surface area contributed by atoms with E-state index in [0.29, 0.717) is 6.07 Å². The zero-order valence-corrected chi connectivity index (χ0v) is 10.3. The number of nitro benzene ring substituents is 1. The average Bonchev–Trinajstić information content (AvgIpc) is 2.36. The lowest BCUT2D eigenvalue weighted by atomic mass is 10.1. The van der Waals surface area contributed by atoms with E-state index in [2.05, 4.69) is 6.58 Å². The molecular weight excluding hydrogens is 271 g/mol. The highest BCUT2D eigenvalue weighted by Gasteiger charge is 2.22. The highest BCUT2D eigenvalue weighted by Crippen LogP contribution is 2.18. The Morgan fingerprint density at radius 2 is 2.15 bits per heavy atom. The van der Waals surface area contributed by atoms with Gasteiger partial charge in [-0.05, 0) is 6.07 Å². The van der Waals surface area contributed by atoms with Gasteiger partial charge in [-0.1, -0.05) is 6.08 Å². The Hall–Kier alpha value is -2.77. The summed E-state index contributed by atoms with van der Waals surface area (Å²) in [4.78, 5) is 33.1. The summed E-state index contributed by atoms with van der Waals surface area (Å²) in [6.07, 6.45) is 1.30. The molecule has 106 valence electrons. The summed E-state index contributed by atoms with van der Waals surface area (Å²) in [7, 11) is 0. The van der Waals surface area contributed by atoms with Crippen molar-refractivity contribution < 1.29 is 24.0 Å². The third-order valence-electron chi connectivity index (χ3n) is 2.36. The van der Waals surface area contributed by atoms with Crippen LogP contribution in [0.1, 0.15) is 10.4 Å². The maximum absolute atomic E-state index is 13.7. The van der Waals surface area contributed by atoms with Crippen molar-refractivity contribution >= 4 is 17.6 Å². The first-order valence-corrected chi connectivity index (χ1v) is 5.42. The van der Waals surface area contributed by atoms with Gasteiger partial charge in [0.25, 0.3) is 11.6 Å². The fraction of sp³-hybridized carbons (Fsp3) is 0.167. The summed E-state index contributed by atoms with van der Waals surface area (Å²) in [5, 5.41) is 19.1. The first-order valence-electron chi connectivity index (χ1n) is 5.42. The van der Waals surface area contributed by atoms with Gasteiger partial charge in [0, 0.05) is 12.6 Å². The van der Waals surface area contributed by atoms with Gasteiger partial charge in [-0.25, -0.2) is 4.39 Å². The normalized spacial score (nSPS) is 9.85. The fourth-order valence-corrected chi connectivity index (χ4v) is 1.50. The van der Waals surface area contributed by atoms with E-state index in [0.717, 1.165) is 17.0 Å².